The van der Waals surface area contributed by atoms with Crippen LogP contribution in [0.3, 0.4) is 0 Å². The lowest BCUT2D eigenvalue weighted by Gasteiger charge is -2.27. The Morgan fingerprint density at radius 1 is 1.25 bits per heavy atom. The van der Waals surface area contributed by atoms with Crippen LogP contribution in [-0.4, -0.2) is 52.6 Å². The van der Waals surface area contributed by atoms with E-state index >= 15 is 0 Å². The molecule has 3 rings (SSSR count). The Morgan fingerprint density at radius 3 is 2.50 bits per heavy atom. The molecular weight excluding hydrogens is 392 g/mol. The maximum absolute atomic E-state index is 12.3. The van der Waals surface area contributed by atoms with E-state index in [9.17, 15) is 28.2 Å². The normalized spacial score (nSPS) is 27.8. The minimum Gasteiger partial charge on any atom is -0.387 e. The van der Waals surface area contributed by atoms with Gasteiger partial charge in [-0.1, -0.05) is 17.7 Å². The van der Waals surface area contributed by atoms with Gasteiger partial charge in [0.25, 0.3) is 15.7 Å². The number of H-pyrrole nitrogens is 1. The summed E-state index contributed by atoms with van der Waals surface area (Å²) in [6, 6.07) is 7.05. The molecule has 11 heteroatoms. The minimum atomic E-state index is -4.11. The van der Waals surface area contributed by atoms with Crippen LogP contribution < -0.4 is 11.2 Å². The number of aromatic nitrogens is 2. The number of aryl methyl sites for hydroxylation is 1. The van der Waals surface area contributed by atoms with Gasteiger partial charge < -0.3 is 14.9 Å². The van der Waals surface area contributed by atoms with Crippen molar-refractivity contribution in [3.05, 3.63) is 62.9 Å². The topological polar surface area (TPSA) is 148 Å². The monoisotopic (exact) mass is 412 g/mol. The van der Waals surface area contributed by atoms with Crippen LogP contribution in [0.1, 0.15) is 18.7 Å². The summed E-state index contributed by atoms with van der Waals surface area (Å²) >= 11 is 0. The van der Waals surface area contributed by atoms with Crippen molar-refractivity contribution in [3.63, 3.8) is 0 Å². The number of nitrogens with one attached hydrogen (secondary N) is 1. The third-order valence-electron chi connectivity index (χ3n) is 4.56. The number of benzene rings is 1. The number of hydrogen-bond acceptors (Lipinski definition) is 8. The molecule has 1 aromatic heterocycles. The Hall–Kier alpha value is -2.31. The first-order valence-electron chi connectivity index (χ1n) is 8.36. The van der Waals surface area contributed by atoms with Gasteiger partial charge in [0.1, 0.15) is 17.8 Å². The fourth-order valence-corrected chi connectivity index (χ4v) is 3.84. The number of hydrogen-bond donors (Lipinski definition) is 3. The van der Waals surface area contributed by atoms with Gasteiger partial charge in [-0.25, -0.2) is 4.79 Å². The van der Waals surface area contributed by atoms with Crippen LogP contribution in [0.4, 0.5) is 0 Å². The van der Waals surface area contributed by atoms with Gasteiger partial charge in [0.2, 0.25) is 0 Å². The standard InChI is InChI=1S/C17H20N2O8S/c1-10-3-5-11(6-4-10)28(24,25)26-9-12-14(21)17(2,23)15(27-12)19-8-7-13(20)18-16(19)22/h3-8,12,14-15,21,23H,9H2,1-2H3,(H,18,20,22)/t12-,14?,15-,17-/m1/s1. The van der Waals surface area contributed by atoms with Gasteiger partial charge >= 0.3 is 5.69 Å². The maximum atomic E-state index is 12.3. The molecule has 0 aliphatic carbocycles. The zero-order chi connectivity index (χ0) is 20.7. The molecule has 0 spiro atoms. The molecule has 2 aromatic rings. The largest absolute Gasteiger partial charge is 0.387 e. The SMILES string of the molecule is Cc1ccc(S(=O)(=O)OC[C@H]2O[C@@H](n3ccc(=O)[nH]c3=O)[C@](C)(O)C2O)cc1. The second-order valence-corrected chi connectivity index (χ2v) is 8.38. The molecule has 1 unspecified atom stereocenters. The van der Waals surface area contributed by atoms with Crippen molar-refractivity contribution in [3.8, 4) is 0 Å². The first kappa shape index (κ1) is 20.4. The van der Waals surface area contributed by atoms with E-state index in [-0.39, 0.29) is 4.90 Å². The Balaban J connectivity index is 1.79. The average Bonchev–Trinajstić information content (AvgIpc) is 2.84. The molecule has 0 saturated carbocycles. The van der Waals surface area contributed by atoms with Crippen molar-refractivity contribution in [2.75, 3.05) is 6.61 Å². The van der Waals surface area contributed by atoms with E-state index in [0.29, 0.717) is 0 Å². The molecule has 1 aromatic carbocycles. The zero-order valence-corrected chi connectivity index (χ0v) is 15.9. The first-order valence-corrected chi connectivity index (χ1v) is 9.76. The highest BCUT2D eigenvalue weighted by Gasteiger charge is 2.53. The average molecular weight is 412 g/mol. The van der Waals surface area contributed by atoms with Gasteiger partial charge in [-0.2, -0.15) is 8.42 Å². The number of aliphatic hydroxyl groups excluding tert-OH is 1. The molecule has 28 heavy (non-hydrogen) atoms. The van der Waals surface area contributed by atoms with Gasteiger partial charge in [0, 0.05) is 12.3 Å². The summed E-state index contributed by atoms with van der Waals surface area (Å²) in [5.41, 5.74) is -2.55. The van der Waals surface area contributed by atoms with Crippen LogP contribution in [-0.2, 0) is 19.0 Å². The van der Waals surface area contributed by atoms with Crippen LogP contribution >= 0.6 is 0 Å². The van der Waals surface area contributed by atoms with Crippen molar-refractivity contribution in [2.24, 2.45) is 0 Å². The molecule has 4 atom stereocenters. The fourth-order valence-electron chi connectivity index (χ4n) is 2.92. The number of aliphatic hydroxyl groups is 2. The highest BCUT2D eigenvalue weighted by molar-refractivity contribution is 7.86. The summed E-state index contributed by atoms with van der Waals surface area (Å²) in [5, 5.41) is 20.9. The van der Waals surface area contributed by atoms with E-state index in [1.54, 1.807) is 19.1 Å². The van der Waals surface area contributed by atoms with Crippen molar-refractivity contribution in [1.29, 1.82) is 0 Å². The van der Waals surface area contributed by atoms with Crippen LogP contribution in [0.15, 0.2) is 51.0 Å². The third kappa shape index (κ3) is 3.80. The summed E-state index contributed by atoms with van der Waals surface area (Å²) in [7, 11) is -4.11. The molecule has 1 saturated heterocycles. The predicted octanol–water partition coefficient (Wildman–Crippen LogP) is -0.740. The van der Waals surface area contributed by atoms with E-state index in [1.165, 1.54) is 19.1 Å². The molecule has 3 N–H and O–H groups in total. The number of rotatable bonds is 5. The maximum Gasteiger partial charge on any atom is 0.330 e. The highest BCUT2D eigenvalue weighted by Crippen LogP contribution is 2.37. The number of nitrogens with zero attached hydrogens (tertiary/aromatic N) is 1. The van der Waals surface area contributed by atoms with Gasteiger partial charge in [-0.15, -0.1) is 0 Å². The van der Waals surface area contributed by atoms with Gasteiger partial charge in [0.15, 0.2) is 6.23 Å². The van der Waals surface area contributed by atoms with Gasteiger partial charge in [0.05, 0.1) is 11.5 Å². The predicted molar refractivity (Wildman–Crippen MR) is 96.2 cm³/mol. The lowest BCUT2D eigenvalue weighted by molar-refractivity contribution is -0.0983. The van der Waals surface area contributed by atoms with E-state index in [0.717, 1.165) is 22.4 Å². The van der Waals surface area contributed by atoms with Crippen molar-refractivity contribution in [1.82, 2.24) is 9.55 Å². The molecule has 1 fully saturated rings. The molecule has 2 heterocycles. The minimum absolute atomic E-state index is 0.0641. The van der Waals surface area contributed by atoms with Gasteiger partial charge in [-0.05, 0) is 26.0 Å². The number of ether oxygens (including phenoxy) is 1. The van der Waals surface area contributed by atoms with Crippen molar-refractivity contribution < 1.29 is 27.6 Å². The quantitative estimate of drug-likeness (QED) is 0.544. The van der Waals surface area contributed by atoms with Crippen molar-refractivity contribution >= 4 is 10.1 Å². The third-order valence-corrected chi connectivity index (χ3v) is 5.85. The van der Waals surface area contributed by atoms with E-state index in [1.807, 2.05) is 4.98 Å². The summed E-state index contributed by atoms with van der Waals surface area (Å²) in [5.74, 6) is 0. The molecule has 10 nitrogen and oxygen atoms in total. The second kappa shape index (κ2) is 7.26. The smallest absolute Gasteiger partial charge is 0.330 e. The second-order valence-electron chi connectivity index (χ2n) is 6.77. The van der Waals surface area contributed by atoms with E-state index < -0.39 is 52.0 Å². The highest BCUT2D eigenvalue weighted by atomic mass is 32.2. The van der Waals surface area contributed by atoms with Crippen LogP contribution in [0.2, 0.25) is 0 Å². The summed E-state index contributed by atoms with van der Waals surface area (Å²) < 4.78 is 36.0. The van der Waals surface area contributed by atoms with Crippen LogP contribution in [0.5, 0.6) is 0 Å². The summed E-state index contributed by atoms with van der Waals surface area (Å²) in [6.07, 6.45) is -3.04. The summed E-state index contributed by atoms with van der Waals surface area (Å²) in [4.78, 5) is 25.1. The summed E-state index contributed by atoms with van der Waals surface area (Å²) in [6.45, 7) is 2.46. The molecular formula is C17H20N2O8S. The molecule has 0 bridgehead atoms. The molecule has 1 aliphatic rings. The van der Waals surface area contributed by atoms with Gasteiger partial charge in [-0.3, -0.25) is 18.5 Å². The molecule has 0 amide bonds. The Labute approximate surface area is 160 Å². The lowest BCUT2D eigenvalue weighted by atomic mass is 9.96. The Kier molecular flexibility index (Phi) is 5.30. The molecule has 1 aliphatic heterocycles. The van der Waals surface area contributed by atoms with Crippen LogP contribution in [0, 0.1) is 6.92 Å². The fraction of sp³-hybridized carbons (Fsp3) is 0.412. The Bertz CT molecular complexity index is 1070. The Morgan fingerprint density at radius 2 is 1.89 bits per heavy atom. The lowest BCUT2D eigenvalue weighted by Crippen LogP contribution is -2.47. The first-order chi connectivity index (χ1) is 13.0. The van der Waals surface area contributed by atoms with E-state index in [2.05, 4.69) is 0 Å². The van der Waals surface area contributed by atoms with Crippen molar-refractivity contribution in [2.45, 2.75) is 42.8 Å². The number of aromatic amines is 1. The zero-order valence-electron chi connectivity index (χ0n) is 15.1. The molecule has 152 valence electrons. The van der Waals surface area contributed by atoms with Crippen LogP contribution in [0.25, 0.3) is 0 Å². The molecule has 0 radical (unpaired) electrons. The van der Waals surface area contributed by atoms with E-state index in [4.69, 9.17) is 8.92 Å².